The van der Waals surface area contributed by atoms with Gasteiger partial charge in [0.05, 0.1) is 0 Å². The van der Waals surface area contributed by atoms with Gasteiger partial charge in [-0.2, -0.15) is 0 Å². The van der Waals surface area contributed by atoms with Gasteiger partial charge in [-0.3, -0.25) is 0 Å². The summed E-state index contributed by atoms with van der Waals surface area (Å²) >= 11 is 0. The zero-order valence-corrected chi connectivity index (χ0v) is 12.3. The predicted octanol–water partition coefficient (Wildman–Crippen LogP) is 3.73. The average Bonchev–Trinajstić information content (AvgIpc) is 2.46. The van der Waals surface area contributed by atoms with E-state index in [9.17, 15) is 0 Å². The number of anilines is 2. The highest BCUT2D eigenvalue weighted by Crippen LogP contribution is 2.41. The zero-order valence-electron chi connectivity index (χ0n) is 12.3. The highest BCUT2D eigenvalue weighted by Gasteiger charge is 2.20. The van der Waals surface area contributed by atoms with Gasteiger partial charge in [0.25, 0.3) is 0 Å². The summed E-state index contributed by atoms with van der Waals surface area (Å²) in [5.41, 5.74) is 5.66. The van der Waals surface area contributed by atoms with E-state index in [1.54, 1.807) is 0 Å². The molecule has 0 saturated heterocycles. The fourth-order valence-corrected chi connectivity index (χ4v) is 3.41. The molecule has 0 aromatic heterocycles. The normalized spacial score (nSPS) is 15.6. The summed E-state index contributed by atoms with van der Waals surface area (Å²) < 4.78 is 0. The van der Waals surface area contributed by atoms with Gasteiger partial charge in [0.1, 0.15) is 0 Å². The van der Waals surface area contributed by atoms with Crippen LogP contribution in [0, 0.1) is 13.8 Å². The number of benzene rings is 2. The number of rotatable bonds is 0. The highest BCUT2D eigenvalue weighted by molar-refractivity contribution is 6.05. The lowest BCUT2D eigenvalue weighted by molar-refractivity contribution is 0.770. The molecule has 0 N–H and O–H groups in total. The minimum atomic E-state index is 1.12. The van der Waals surface area contributed by atoms with Gasteiger partial charge < -0.3 is 9.80 Å². The van der Waals surface area contributed by atoms with Crippen LogP contribution in [0.25, 0.3) is 10.8 Å². The van der Waals surface area contributed by atoms with Crippen LogP contribution < -0.4 is 9.80 Å². The van der Waals surface area contributed by atoms with Crippen molar-refractivity contribution in [2.75, 3.05) is 37.0 Å². The van der Waals surface area contributed by atoms with E-state index in [4.69, 9.17) is 0 Å². The van der Waals surface area contributed by atoms with Crippen molar-refractivity contribution >= 4 is 22.1 Å². The molecule has 0 unspecified atom stereocenters. The molecule has 2 aromatic rings. The summed E-state index contributed by atoms with van der Waals surface area (Å²) in [6, 6.07) is 8.82. The molecule has 100 valence electrons. The quantitative estimate of drug-likeness (QED) is 0.707. The Morgan fingerprint density at radius 3 is 1.63 bits per heavy atom. The molecule has 0 atom stereocenters. The summed E-state index contributed by atoms with van der Waals surface area (Å²) in [6.45, 7) is 6.75. The lowest BCUT2D eigenvalue weighted by atomic mass is 9.96. The third-order valence-corrected chi connectivity index (χ3v) is 4.46. The lowest BCUT2D eigenvalue weighted by Gasteiger charge is -2.26. The van der Waals surface area contributed by atoms with E-state index >= 15 is 0 Å². The van der Waals surface area contributed by atoms with Crippen molar-refractivity contribution in [2.24, 2.45) is 0 Å². The summed E-state index contributed by atoms with van der Waals surface area (Å²) in [4.78, 5) is 4.85. The summed E-state index contributed by atoms with van der Waals surface area (Å²) in [5.74, 6) is 0. The largest absolute Gasteiger partial charge is 0.374 e. The molecule has 2 bridgehead atoms. The van der Waals surface area contributed by atoms with E-state index in [0.717, 1.165) is 13.1 Å². The number of hydrogen-bond acceptors (Lipinski definition) is 2. The summed E-state index contributed by atoms with van der Waals surface area (Å²) in [6.07, 6.45) is 1.20. The SMILES string of the molecule is Cc1c(C)c2c3ccccc3c1N(C)CCCN2C. The molecule has 0 aliphatic carbocycles. The molecule has 0 spiro atoms. The fourth-order valence-electron chi connectivity index (χ4n) is 3.41. The number of nitrogens with zero attached hydrogens (tertiary/aromatic N) is 2. The maximum Gasteiger partial charge on any atom is 0.0477 e. The van der Waals surface area contributed by atoms with Crippen LogP contribution in [0.3, 0.4) is 0 Å². The van der Waals surface area contributed by atoms with Gasteiger partial charge in [0.2, 0.25) is 0 Å². The third-order valence-electron chi connectivity index (χ3n) is 4.46. The Balaban J connectivity index is 2.48. The Morgan fingerprint density at radius 2 is 1.21 bits per heavy atom. The molecule has 2 nitrogen and oxygen atoms in total. The maximum atomic E-state index is 2.42. The minimum Gasteiger partial charge on any atom is -0.374 e. The van der Waals surface area contributed by atoms with Gasteiger partial charge in [-0.15, -0.1) is 0 Å². The van der Waals surface area contributed by atoms with Crippen LogP contribution in [-0.2, 0) is 0 Å². The second-order valence-corrected chi connectivity index (χ2v) is 5.69. The van der Waals surface area contributed by atoms with Crippen LogP contribution in [0.5, 0.6) is 0 Å². The highest BCUT2D eigenvalue weighted by atomic mass is 15.1. The summed E-state index contributed by atoms with van der Waals surface area (Å²) in [5, 5.41) is 2.77. The van der Waals surface area contributed by atoms with Crippen molar-refractivity contribution < 1.29 is 0 Å². The molecule has 2 heteroatoms. The fraction of sp³-hybridized carbons (Fsp3) is 0.412. The van der Waals surface area contributed by atoms with Crippen molar-refractivity contribution in [3.63, 3.8) is 0 Å². The van der Waals surface area contributed by atoms with Crippen LogP contribution in [0.1, 0.15) is 17.5 Å². The molecule has 0 amide bonds. The van der Waals surface area contributed by atoms with Crippen LogP contribution in [-0.4, -0.2) is 27.2 Å². The minimum absolute atomic E-state index is 1.12. The topological polar surface area (TPSA) is 6.48 Å². The average molecular weight is 254 g/mol. The molecular weight excluding hydrogens is 232 g/mol. The van der Waals surface area contributed by atoms with Crippen molar-refractivity contribution in [3.8, 4) is 0 Å². The second kappa shape index (κ2) is 4.44. The first-order chi connectivity index (χ1) is 9.11. The molecular formula is C17H22N2. The van der Waals surface area contributed by atoms with Gasteiger partial charge in [-0.1, -0.05) is 24.3 Å². The second-order valence-electron chi connectivity index (χ2n) is 5.69. The summed E-state index contributed by atoms with van der Waals surface area (Å²) in [7, 11) is 4.44. The van der Waals surface area contributed by atoms with Gasteiger partial charge in [-0.05, 0) is 31.4 Å². The van der Waals surface area contributed by atoms with Gasteiger partial charge in [0, 0.05) is 49.3 Å². The molecule has 1 aliphatic rings. The Labute approximate surface area is 115 Å². The van der Waals surface area contributed by atoms with E-state index in [-0.39, 0.29) is 0 Å². The van der Waals surface area contributed by atoms with Crippen molar-refractivity contribution in [1.29, 1.82) is 0 Å². The molecule has 0 saturated carbocycles. The van der Waals surface area contributed by atoms with E-state index in [1.165, 1.54) is 39.7 Å². The van der Waals surface area contributed by atoms with Gasteiger partial charge in [-0.25, -0.2) is 0 Å². The monoisotopic (exact) mass is 254 g/mol. The smallest absolute Gasteiger partial charge is 0.0477 e. The van der Waals surface area contributed by atoms with E-state index in [0.29, 0.717) is 0 Å². The Bertz CT molecular complexity index is 576. The van der Waals surface area contributed by atoms with Crippen LogP contribution in [0.4, 0.5) is 11.4 Å². The van der Waals surface area contributed by atoms with Crippen LogP contribution >= 0.6 is 0 Å². The van der Waals surface area contributed by atoms with Crippen molar-refractivity contribution in [3.05, 3.63) is 35.4 Å². The molecule has 3 rings (SSSR count). The zero-order chi connectivity index (χ0) is 13.6. The van der Waals surface area contributed by atoms with Crippen molar-refractivity contribution in [2.45, 2.75) is 20.3 Å². The Morgan fingerprint density at radius 1 is 0.789 bits per heavy atom. The van der Waals surface area contributed by atoms with Gasteiger partial charge in [0.15, 0.2) is 0 Å². The van der Waals surface area contributed by atoms with Gasteiger partial charge >= 0.3 is 0 Å². The van der Waals surface area contributed by atoms with Crippen LogP contribution in [0.2, 0.25) is 0 Å². The molecule has 1 heterocycles. The lowest BCUT2D eigenvalue weighted by Crippen LogP contribution is -2.23. The first kappa shape index (κ1) is 12.3. The number of hydrogen-bond donors (Lipinski definition) is 0. The van der Waals surface area contributed by atoms with E-state index in [2.05, 4.69) is 62.0 Å². The first-order valence-corrected chi connectivity index (χ1v) is 7.05. The van der Waals surface area contributed by atoms with E-state index < -0.39 is 0 Å². The molecule has 2 aromatic carbocycles. The van der Waals surface area contributed by atoms with Crippen molar-refractivity contribution in [1.82, 2.24) is 0 Å². The predicted molar refractivity (Wildman–Crippen MR) is 84.6 cm³/mol. The first-order valence-electron chi connectivity index (χ1n) is 7.05. The Kier molecular flexibility index (Phi) is 2.89. The molecule has 19 heavy (non-hydrogen) atoms. The standard InChI is InChI=1S/C17H22N2/c1-12-13(2)17-15-9-6-5-8-14(15)16(12)18(3)10-7-11-19(17)4/h5-6,8-9H,7,10-11H2,1-4H3. The van der Waals surface area contributed by atoms with Crippen LogP contribution in [0.15, 0.2) is 24.3 Å². The Hall–Kier alpha value is -1.70. The molecule has 1 aliphatic heterocycles. The molecule has 0 radical (unpaired) electrons. The third kappa shape index (κ3) is 1.78. The van der Waals surface area contributed by atoms with E-state index in [1.807, 2.05) is 0 Å². The molecule has 0 fully saturated rings. The maximum absolute atomic E-state index is 2.42.